The number of carbonyl (C=O) groups is 2. The maximum absolute atomic E-state index is 12.5. The van der Waals surface area contributed by atoms with Gasteiger partial charge in [0.05, 0.1) is 17.6 Å². The minimum Gasteiger partial charge on any atom is -0.392 e. The summed E-state index contributed by atoms with van der Waals surface area (Å²) in [5, 5.41) is 20.2. The lowest BCUT2D eigenvalue weighted by atomic mass is 9.73. The molecule has 4 atom stereocenters. The van der Waals surface area contributed by atoms with Gasteiger partial charge in [-0.2, -0.15) is 0 Å². The van der Waals surface area contributed by atoms with Gasteiger partial charge in [0.25, 0.3) is 0 Å². The van der Waals surface area contributed by atoms with Gasteiger partial charge in [-0.15, -0.1) is 6.58 Å². The van der Waals surface area contributed by atoms with E-state index in [-0.39, 0.29) is 23.9 Å². The van der Waals surface area contributed by atoms with Gasteiger partial charge < -0.3 is 10.2 Å². The lowest BCUT2D eigenvalue weighted by molar-refractivity contribution is -0.142. The molecule has 0 rings (SSSR count). The number of allylic oxidation sites excluding steroid dienone is 1. The van der Waals surface area contributed by atoms with Crippen LogP contribution in [0.1, 0.15) is 47.5 Å². The molecule has 0 spiro atoms. The van der Waals surface area contributed by atoms with Crippen LogP contribution in [0.15, 0.2) is 12.7 Å². The van der Waals surface area contributed by atoms with Gasteiger partial charge in [0.2, 0.25) is 0 Å². The highest BCUT2D eigenvalue weighted by atomic mass is 16.3. The van der Waals surface area contributed by atoms with Gasteiger partial charge in [-0.05, 0) is 19.3 Å². The minimum atomic E-state index is -1.06. The monoisotopic (exact) mass is 284 g/mol. The zero-order valence-electron chi connectivity index (χ0n) is 13.2. The molecule has 0 saturated heterocycles. The first-order valence-corrected chi connectivity index (χ1v) is 7.06. The quantitative estimate of drug-likeness (QED) is 0.636. The van der Waals surface area contributed by atoms with Crippen LogP contribution in [0.4, 0.5) is 0 Å². The van der Waals surface area contributed by atoms with Crippen molar-refractivity contribution < 1.29 is 19.8 Å². The largest absolute Gasteiger partial charge is 0.392 e. The third kappa shape index (κ3) is 4.84. The van der Waals surface area contributed by atoms with Gasteiger partial charge in [0, 0.05) is 12.3 Å². The Morgan fingerprint density at radius 1 is 1.25 bits per heavy atom. The number of aliphatic hydroxyl groups excluding tert-OH is 2. The molecule has 4 nitrogen and oxygen atoms in total. The van der Waals surface area contributed by atoms with Gasteiger partial charge in [0.15, 0.2) is 0 Å². The first kappa shape index (κ1) is 19.0. The van der Waals surface area contributed by atoms with E-state index in [1.807, 2.05) is 6.92 Å². The summed E-state index contributed by atoms with van der Waals surface area (Å²) in [4.78, 5) is 23.6. The maximum atomic E-state index is 12.5. The van der Waals surface area contributed by atoms with Gasteiger partial charge in [-0.3, -0.25) is 9.59 Å². The number of hydrogen-bond donors (Lipinski definition) is 2. The van der Waals surface area contributed by atoms with Crippen LogP contribution >= 0.6 is 0 Å². The van der Waals surface area contributed by atoms with Crippen molar-refractivity contribution in [2.75, 3.05) is 0 Å². The van der Waals surface area contributed by atoms with Crippen molar-refractivity contribution in [2.45, 2.75) is 59.7 Å². The molecule has 0 aromatic carbocycles. The van der Waals surface area contributed by atoms with E-state index in [0.29, 0.717) is 6.42 Å². The lowest BCUT2D eigenvalue weighted by Gasteiger charge is -2.34. The molecule has 0 saturated carbocycles. The van der Waals surface area contributed by atoms with Crippen LogP contribution in [0.2, 0.25) is 0 Å². The van der Waals surface area contributed by atoms with Crippen LogP contribution < -0.4 is 0 Å². The second-order valence-electron chi connectivity index (χ2n) is 6.29. The summed E-state index contributed by atoms with van der Waals surface area (Å²) in [5.41, 5.74) is -1.06. The summed E-state index contributed by atoms with van der Waals surface area (Å²) in [6, 6.07) is 0. The lowest BCUT2D eigenvalue weighted by Crippen LogP contribution is -2.45. The topological polar surface area (TPSA) is 74.6 Å². The Bertz CT molecular complexity index is 359. The number of carbonyl (C=O) groups excluding carboxylic acids is 2. The summed E-state index contributed by atoms with van der Waals surface area (Å²) in [5.74, 6) is -1.06. The van der Waals surface area contributed by atoms with E-state index in [4.69, 9.17) is 0 Å². The summed E-state index contributed by atoms with van der Waals surface area (Å²) >= 11 is 0. The predicted octanol–water partition coefficient (Wildman–Crippen LogP) is 2.13. The molecule has 20 heavy (non-hydrogen) atoms. The summed E-state index contributed by atoms with van der Waals surface area (Å²) in [6.07, 6.45) is 0.459. The summed E-state index contributed by atoms with van der Waals surface area (Å²) in [7, 11) is 0. The van der Waals surface area contributed by atoms with E-state index in [0.717, 1.165) is 0 Å². The Labute approximate surface area is 121 Å². The Hall–Kier alpha value is -1.00. The number of rotatable bonds is 9. The van der Waals surface area contributed by atoms with Crippen molar-refractivity contribution in [3.8, 4) is 0 Å². The molecular weight excluding hydrogens is 256 g/mol. The van der Waals surface area contributed by atoms with Crippen molar-refractivity contribution in [1.29, 1.82) is 0 Å². The molecule has 0 fully saturated rings. The molecule has 116 valence electrons. The molecule has 0 radical (unpaired) electrons. The molecule has 0 aliphatic rings. The molecule has 0 bridgehead atoms. The maximum Gasteiger partial charge on any atom is 0.146 e. The highest BCUT2D eigenvalue weighted by molar-refractivity contribution is 5.88. The third-order valence-corrected chi connectivity index (χ3v) is 4.00. The Kier molecular flexibility index (Phi) is 7.31. The molecule has 4 heteroatoms. The standard InChI is InChI=1S/C16H28O4/c1-7-8-10(2)14(19)12(4)15(20)16(5,6)13(18)9-11(3)17/h7,10,12-14,18-19H,1,8-9H2,2-6H3/t10-,12+,13-,14-/m0/s1. The Balaban J connectivity index is 4.93. The number of aliphatic hydroxyl groups is 2. The molecule has 0 aliphatic carbocycles. The van der Waals surface area contributed by atoms with E-state index in [1.54, 1.807) is 26.8 Å². The van der Waals surface area contributed by atoms with E-state index in [2.05, 4.69) is 6.58 Å². The van der Waals surface area contributed by atoms with Gasteiger partial charge in [0.1, 0.15) is 11.6 Å². The molecule has 0 aromatic rings. The van der Waals surface area contributed by atoms with Crippen molar-refractivity contribution in [3.63, 3.8) is 0 Å². The van der Waals surface area contributed by atoms with Crippen molar-refractivity contribution in [3.05, 3.63) is 12.7 Å². The normalized spacial score (nSPS) is 17.9. The van der Waals surface area contributed by atoms with E-state index in [9.17, 15) is 19.8 Å². The highest BCUT2D eigenvalue weighted by Crippen LogP contribution is 2.31. The van der Waals surface area contributed by atoms with Gasteiger partial charge >= 0.3 is 0 Å². The number of hydrogen-bond acceptors (Lipinski definition) is 4. The van der Waals surface area contributed by atoms with Crippen molar-refractivity contribution in [2.24, 2.45) is 17.3 Å². The van der Waals surface area contributed by atoms with Gasteiger partial charge in [-0.1, -0.05) is 33.8 Å². The molecule has 2 N–H and O–H groups in total. The van der Waals surface area contributed by atoms with Crippen LogP contribution in [0.3, 0.4) is 0 Å². The zero-order valence-corrected chi connectivity index (χ0v) is 13.2. The van der Waals surface area contributed by atoms with Crippen LogP contribution in [0.25, 0.3) is 0 Å². The van der Waals surface area contributed by atoms with Crippen LogP contribution in [-0.2, 0) is 9.59 Å². The first-order chi connectivity index (χ1) is 9.05. The first-order valence-electron chi connectivity index (χ1n) is 7.06. The average Bonchev–Trinajstić information content (AvgIpc) is 2.35. The van der Waals surface area contributed by atoms with Gasteiger partial charge in [-0.25, -0.2) is 0 Å². The molecule has 0 aliphatic heterocycles. The molecule has 0 aromatic heterocycles. The third-order valence-electron chi connectivity index (χ3n) is 4.00. The summed E-state index contributed by atoms with van der Waals surface area (Å²) < 4.78 is 0. The summed E-state index contributed by atoms with van der Waals surface area (Å²) in [6.45, 7) is 11.8. The van der Waals surface area contributed by atoms with E-state index in [1.165, 1.54) is 6.92 Å². The molecule has 0 amide bonds. The highest BCUT2D eigenvalue weighted by Gasteiger charge is 2.41. The van der Waals surface area contributed by atoms with E-state index >= 15 is 0 Å². The second-order valence-corrected chi connectivity index (χ2v) is 6.29. The van der Waals surface area contributed by atoms with Crippen LogP contribution in [0, 0.1) is 17.3 Å². The molecule has 0 heterocycles. The Morgan fingerprint density at radius 3 is 2.15 bits per heavy atom. The molecule has 0 unspecified atom stereocenters. The fourth-order valence-corrected chi connectivity index (χ4v) is 2.33. The van der Waals surface area contributed by atoms with Crippen molar-refractivity contribution in [1.82, 2.24) is 0 Å². The van der Waals surface area contributed by atoms with Crippen LogP contribution in [0.5, 0.6) is 0 Å². The average molecular weight is 284 g/mol. The predicted molar refractivity (Wildman–Crippen MR) is 79.2 cm³/mol. The fraction of sp³-hybridized carbons (Fsp3) is 0.750. The van der Waals surface area contributed by atoms with E-state index < -0.39 is 23.5 Å². The molecular formula is C16H28O4. The smallest absolute Gasteiger partial charge is 0.146 e. The number of Topliss-reactive ketones (excluding diaryl/α,β-unsaturated/α-hetero) is 2. The second kappa shape index (κ2) is 7.70. The Morgan fingerprint density at radius 2 is 1.75 bits per heavy atom. The number of ketones is 2. The van der Waals surface area contributed by atoms with Crippen LogP contribution in [-0.4, -0.2) is 34.0 Å². The SMILES string of the molecule is C=CC[C@H](C)[C@H](O)[C@@H](C)C(=O)C(C)(C)[C@@H](O)CC(C)=O. The minimum absolute atomic E-state index is 0.0518. The van der Waals surface area contributed by atoms with Crippen molar-refractivity contribution >= 4 is 11.6 Å². The zero-order chi connectivity index (χ0) is 16.1. The fourth-order valence-electron chi connectivity index (χ4n) is 2.33.